The maximum atomic E-state index is 9.90. The summed E-state index contributed by atoms with van der Waals surface area (Å²) in [6.07, 6.45) is 6.20. The number of hydrogen-bond acceptors (Lipinski definition) is 6. The van der Waals surface area contributed by atoms with Gasteiger partial charge in [-0.1, -0.05) is 0 Å². The van der Waals surface area contributed by atoms with Gasteiger partial charge < -0.3 is 14.8 Å². The third kappa shape index (κ3) is 2.11. The maximum absolute atomic E-state index is 9.90. The fourth-order valence-electron chi connectivity index (χ4n) is 2.74. The average Bonchev–Trinajstić information content (AvgIpc) is 3.01. The van der Waals surface area contributed by atoms with Crippen molar-refractivity contribution in [3.63, 3.8) is 0 Å². The van der Waals surface area contributed by atoms with E-state index in [4.69, 9.17) is 0 Å². The number of hydrogen-bond donors (Lipinski definition) is 2. The standard InChI is InChI=1S/C12H16N4O2S/c1-19-12-10-11(13-5-14-12)16(6-15-10)8-2-7(4-17)9(18)3-8/h5-9,17-18H,2-4H2,1H3/t7-,8-,9+/m1/s1. The van der Waals surface area contributed by atoms with Crippen LogP contribution in [0.25, 0.3) is 11.2 Å². The Hall–Kier alpha value is -1.18. The second kappa shape index (κ2) is 5.07. The monoisotopic (exact) mass is 280 g/mol. The van der Waals surface area contributed by atoms with Gasteiger partial charge in [0.25, 0.3) is 0 Å². The number of rotatable bonds is 3. The van der Waals surface area contributed by atoms with Gasteiger partial charge in [0.05, 0.1) is 12.4 Å². The zero-order valence-corrected chi connectivity index (χ0v) is 11.4. The quantitative estimate of drug-likeness (QED) is 0.640. The van der Waals surface area contributed by atoms with Crippen LogP contribution in [0.4, 0.5) is 0 Å². The Bertz CT molecular complexity index is 588. The normalized spacial score (nSPS) is 27.2. The molecule has 19 heavy (non-hydrogen) atoms. The molecular weight excluding hydrogens is 264 g/mol. The molecular formula is C12H16N4O2S. The topological polar surface area (TPSA) is 84.1 Å². The summed E-state index contributed by atoms with van der Waals surface area (Å²) in [5, 5.41) is 20.0. The first-order chi connectivity index (χ1) is 9.24. The molecule has 3 atom stereocenters. The molecule has 0 unspecified atom stereocenters. The van der Waals surface area contributed by atoms with Gasteiger partial charge in [-0.2, -0.15) is 0 Å². The lowest BCUT2D eigenvalue weighted by Gasteiger charge is -2.12. The van der Waals surface area contributed by atoms with Crippen LogP contribution in [0.15, 0.2) is 17.7 Å². The Morgan fingerprint density at radius 1 is 1.37 bits per heavy atom. The Kier molecular flexibility index (Phi) is 3.42. The molecule has 7 heteroatoms. The predicted molar refractivity (Wildman–Crippen MR) is 72.0 cm³/mol. The first-order valence-corrected chi connectivity index (χ1v) is 7.47. The van der Waals surface area contributed by atoms with Gasteiger partial charge in [-0.05, 0) is 19.1 Å². The number of aliphatic hydroxyl groups is 2. The smallest absolute Gasteiger partial charge is 0.164 e. The highest BCUT2D eigenvalue weighted by Crippen LogP contribution is 2.36. The molecule has 0 amide bonds. The lowest BCUT2D eigenvalue weighted by atomic mass is 10.1. The minimum absolute atomic E-state index is 0.0232. The third-order valence-corrected chi connectivity index (χ3v) is 4.46. The van der Waals surface area contributed by atoms with Crippen molar-refractivity contribution in [2.75, 3.05) is 12.9 Å². The van der Waals surface area contributed by atoms with Crippen molar-refractivity contribution in [3.05, 3.63) is 12.7 Å². The van der Waals surface area contributed by atoms with E-state index < -0.39 is 6.10 Å². The second-order valence-electron chi connectivity index (χ2n) is 4.84. The summed E-state index contributed by atoms with van der Waals surface area (Å²) in [5.41, 5.74) is 1.60. The van der Waals surface area contributed by atoms with Crippen LogP contribution in [-0.4, -0.2) is 48.7 Å². The third-order valence-electron chi connectivity index (χ3n) is 3.78. The lowest BCUT2D eigenvalue weighted by Crippen LogP contribution is -2.16. The molecule has 0 aliphatic heterocycles. The molecule has 1 fully saturated rings. The fourth-order valence-corrected chi connectivity index (χ4v) is 3.23. The average molecular weight is 280 g/mol. The minimum atomic E-state index is -0.450. The summed E-state index contributed by atoms with van der Waals surface area (Å²) in [6, 6.07) is 0.141. The molecule has 0 spiro atoms. The van der Waals surface area contributed by atoms with Crippen molar-refractivity contribution < 1.29 is 10.2 Å². The van der Waals surface area contributed by atoms with Crippen molar-refractivity contribution in [2.45, 2.75) is 30.0 Å². The van der Waals surface area contributed by atoms with Crippen LogP contribution in [0.1, 0.15) is 18.9 Å². The van der Waals surface area contributed by atoms with Crippen LogP contribution < -0.4 is 0 Å². The molecule has 2 aromatic heterocycles. The highest BCUT2D eigenvalue weighted by molar-refractivity contribution is 7.98. The van der Waals surface area contributed by atoms with Gasteiger partial charge in [0.15, 0.2) is 5.65 Å². The summed E-state index contributed by atoms with van der Waals surface area (Å²) < 4.78 is 2.00. The van der Waals surface area contributed by atoms with Crippen molar-refractivity contribution in [1.29, 1.82) is 0 Å². The van der Waals surface area contributed by atoms with E-state index in [1.165, 1.54) is 0 Å². The van der Waals surface area contributed by atoms with Crippen LogP contribution in [0.3, 0.4) is 0 Å². The molecule has 3 rings (SSSR count). The van der Waals surface area contributed by atoms with Crippen molar-refractivity contribution >= 4 is 22.9 Å². The van der Waals surface area contributed by atoms with Crippen molar-refractivity contribution in [1.82, 2.24) is 19.5 Å². The van der Waals surface area contributed by atoms with E-state index in [0.29, 0.717) is 6.42 Å². The van der Waals surface area contributed by atoms with E-state index in [9.17, 15) is 10.2 Å². The highest BCUT2D eigenvalue weighted by atomic mass is 32.2. The van der Waals surface area contributed by atoms with E-state index in [1.54, 1.807) is 24.4 Å². The molecule has 6 nitrogen and oxygen atoms in total. The van der Waals surface area contributed by atoms with Crippen LogP contribution in [0.5, 0.6) is 0 Å². The van der Waals surface area contributed by atoms with E-state index in [1.807, 2.05) is 10.8 Å². The number of aliphatic hydroxyl groups excluding tert-OH is 2. The van der Waals surface area contributed by atoms with Crippen LogP contribution >= 0.6 is 11.8 Å². The Morgan fingerprint density at radius 3 is 2.89 bits per heavy atom. The molecule has 1 aliphatic carbocycles. The highest BCUT2D eigenvalue weighted by Gasteiger charge is 2.34. The molecule has 102 valence electrons. The summed E-state index contributed by atoms with van der Waals surface area (Å²) in [4.78, 5) is 12.9. The first kappa shape index (κ1) is 12.8. The number of fused-ring (bicyclic) bond motifs is 1. The number of aromatic nitrogens is 4. The number of nitrogens with zero attached hydrogens (tertiary/aromatic N) is 4. The van der Waals surface area contributed by atoms with Gasteiger partial charge >= 0.3 is 0 Å². The largest absolute Gasteiger partial charge is 0.396 e. The summed E-state index contributed by atoms with van der Waals surface area (Å²) in [7, 11) is 0. The molecule has 0 saturated heterocycles. The molecule has 2 aromatic rings. The van der Waals surface area contributed by atoms with Gasteiger partial charge in [0, 0.05) is 18.6 Å². The Morgan fingerprint density at radius 2 is 2.21 bits per heavy atom. The SMILES string of the molecule is CSc1ncnc2c1ncn2[C@@H]1C[C@H](CO)[C@@H](O)C1. The number of imidazole rings is 1. The van der Waals surface area contributed by atoms with Crippen molar-refractivity contribution in [3.8, 4) is 0 Å². The fraction of sp³-hybridized carbons (Fsp3) is 0.583. The van der Waals surface area contributed by atoms with Gasteiger partial charge in [-0.25, -0.2) is 15.0 Å². The molecule has 1 aliphatic rings. The van der Waals surface area contributed by atoms with E-state index >= 15 is 0 Å². The zero-order valence-electron chi connectivity index (χ0n) is 10.6. The Balaban J connectivity index is 1.98. The second-order valence-corrected chi connectivity index (χ2v) is 5.64. The van der Waals surface area contributed by atoms with Crippen LogP contribution in [0.2, 0.25) is 0 Å². The van der Waals surface area contributed by atoms with Crippen LogP contribution in [0, 0.1) is 5.92 Å². The molecule has 1 saturated carbocycles. The predicted octanol–water partition coefficient (Wildman–Crippen LogP) is 0.852. The van der Waals surface area contributed by atoms with E-state index in [-0.39, 0.29) is 18.6 Å². The summed E-state index contributed by atoms with van der Waals surface area (Å²) in [6.45, 7) is 0.0232. The lowest BCUT2D eigenvalue weighted by molar-refractivity contribution is 0.0906. The van der Waals surface area contributed by atoms with Crippen molar-refractivity contribution in [2.24, 2.45) is 5.92 Å². The Labute approximate surface area is 114 Å². The van der Waals surface area contributed by atoms with E-state index in [2.05, 4.69) is 15.0 Å². The van der Waals surface area contributed by atoms with Gasteiger partial charge in [0.2, 0.25) is 0 Å². The van der Waals surface area contributed by atoms with Gasteiger partial charge in [0.1, 0.15) is 16.9 Å². The number of thioether (sulfide) groups is 1. The summed E-state index contributed by atoms with van der Waals surface area (Å²) >= 11 is 1.54. The molecule has 0 radical (unpaired) electrons. The van der Waals surface area contributed by atoms with E-state index in [0.717, 1.165) is 22.6 Å². The summed E-state index contributed by atoms with van der Waals surface area (Å²) in [5.74, 6) is -0.0516. The first-order valence-electron chi connectivity index (χ1n) is 6.25. The molecule has 2 N–H and O–H groups in total. The zero-order chi connectivity index (χ0) is 13.4. The maximum Gasteiger partial charge on any atom is 0.164 e. The molecule has 0 bridgehead atoms. The van der Waals surface area contributed by atoms with Gasteiger partial charge in [-0.3, -0.25) is 0 Å². The van der Waals surface area contributed by atoms with Gasteiger partial charge in [-0.15, -0.1) is 11.8 Å². The minimum Gasteiger partial charge on any atom is -0.396 e. The molecule has 0 aromatic carbocycles. The molecule has 2 heterocycles. The van der Waals surface area contributed by atoms with Crippen LogP contribution in [-0.2, 0) is 0 Å².